The van der Waals surface area contributed by atoms with Gasteiger partial charge in [-0.25, -0.2) is 13.2 Å². The van der Waals surface area contributed by atoms with E-state index in [1.165, 1.54) is 16.6 Å². The number of rotatable bonds is 9. The van der Waals surface area contributed by atoms with Gasteiger partial charge in [0.05, 0.1) is 23.8 Å². The van der Waals surface area contributed by atoms with Gasteiger partial charge < -0.3 is 19.6 Å². The van der Waals surface area contributed by atoms with Crippen LogP contribution in [0.3, 0.4) is 0 Å². The van der Waals surface area contributed by atoms with E-state index in [9.17, 15) is 18.3 Å². The number of fused-ring (bicyclic) bond motifs is 1. The highest BCUT2D eigenvalue weighted by Gasteiger charge is 2.27. The van der Waals surface area contributed by atoms with Crippen molar-refractivity contribution in [3.8, 4) is 0 Å². The van der Waals surface area contributed by atoms with E-state index < -0.39 is 27.8 Å². The smallest absolute Gasteiger partial charge is 0.407 e. The lowest BCUT2D eigenvalue weighted by Crippen LogP contribution is -2.44. The molecule has 2 rings (SSSR count). The molecule has 30 heavy (non-hydrogen) atoms. The fourth-order valence-corrected chi connectivity index (χ4v) is 4.61. The molecule has 0 radical (unpaired) electrons. The van der Waals surface area contributed by atoms with Crippen molar-refractivity contribution in [1.29, 1.82) is 0 Å². The van der Waals surface area contributed by atoms with Gasteiger partial charge in [0.1, 0.15) is 11.2 Å². The van der Waals surface area contributed by atoms with Crippen molar-refractivity contribution < 1.29 is 27.5 Å². The summed E-state index contributed by atoms with van der Waals surface area (Å²) in [5, 5.41) is 12.9. The first kappa shape index (κ1) is 24.2. The average molecular weight is 441 g/mol. The maximum absolute atomic E-state index is 13.3. The number of nitrogens with one attached hydrogen (secondary N) is 1. The number of carbonyl (C=O) groups is 1. The summed E-state index contributed by atoms with van der Waals surface area (Å²) < 4.78 is 38.4. The van der Waals surface area contributed by atoms with Gasteiger partial charge >= 0.3 is 6.09 Å². The normalized spacial score (nSPS) is 13.7. The van der Waals surface area contributed by atoms with Crippen molar-refractivity contribution in [3.63, 3.8) is 0 Å². The third-order valence-corrected chi connectivity index (χ3v) is 6.16. The average Bonchev–Trinajstić information content (AvgIpc) is 3.09. The second-order valence-corrected chi connectivity index (χ2v) is 10.6. The molecule has 0 bridgehead atoms. The molecule has 168 valence electrons. The summed E-state index contributed by atoms with van der Waals surface area (Å²) in [6, 6.07) is 5.84. The van der Waals surface area contributed by atoms with Gasteiger partial charge in [0, 0.05) is 18.5 Å². The Morgan fingerprint density at radius 2 is 1.97 bits per heavy atom. The minimum atomic E-state index is -3.76. The SMILES string of the molecule is CC(C)CN(CC[C@@H](CO)NC(=O)OC(C)(C)C)S(=O)(=O)c1ccc2occc2c1. The Kier molecular flexibility index (Phi) is 7.90. The number of sulfonamides is 1. The topological polar surface area (TPSA) is 109 Å². The van der Waals surface area contributed by atoms with E-state index in [-0.39, 0.29) is 30.4 Å². The number of nitrogens with zero attached hydrogens (tertiary/aromatic N) is 1. The molecule has 0 aliphatic heterocycles. The van der Waals surface area contributed by atoms with Gasteiger partial charge in [0.15, 0.2) is 0 Å². The van der Waals surface area contributed by atoms with Crippen molar-refractivity contribution in [3.05, 3.63) is 30.5 Å². The maximum Gasteiger partial charge on any atom is 0.407 e. The number of hydrogen-bond acceptors (Lipinski definition) is 6. The van der Waals surface area contributed by atoms with Crippen LogP contribution in [0, 0.1) is 5.92 Å². The van der Waals surface area contributed by atoms with Crippen molar-refractivity contribution in [2.45, 2.75) is 57.6 Å². The molecule has 0 aliphatic carbocycles. The van der Waals surface area contributed by atoms with Crippen LogP contribution >= 0.6 is 0 Å². The number of benzene rings is 1. The molecule has 1 heterocycles. The number of aliphatic hydroxyl groups is 1. The Morgan fingerprint density at radius 1 is 1.27 bits per heavy atom. The summed E-state index contributed by atoms with van der Waals surface area (Å²) in [7, 11) is -3.76. The third-order valence-electron chi connectivity index (χ3n) is 4.30. The molecule has 0 aliphatic rings. The molecule has 2 N–H and O–H groups in total. The highest BCUT2D eigenvalue weighted by molar-refractivity contribution is 7.89. The molecule has 2 aromatic rings. The second-order valence-electron chi connectivity index (χ2n) is 8.69. The summed E-state index contributed by atoms with van der Waals surface area (Å²) in [6.07, 6.45) is 1.11. The Bertz CT molecular complexity index is 946. The number of aliphatic hydroxyl groups excluding tert-OH is 1. The van der Waals surface area contributed by atoms with Gasteiger partial charge in [0.2, 0.25) is 10.0 Å². The minimum Gasteiger partial charge on any atom is -0.464 e. The van der Waals surface area contributed by atoms with E-state index in [1.807, 2.05) is 13.8 Å². The number of furan rings is 1. The van der Waals surface area contributed by atoms with Gasteiger partial charge in [-0.05, 0) is 57.4 Å². The van der Waals surface area contributed by atoms with Gasteiger partial charge in [-0.15, -0.1) is 0 Å². The molecular formula is C21H32N2O6S. The van der Waals surface area contributed by atoms with Gasteiger partial charge in [-0.1, -0.05) is 13.8 Å². The van der Waals surface area contributed by atoms with Gasteiger partial charge in [-0.3, -0.25) is 0 Å². The van der Waals surface area contributed by atoms with Crippen LogP contribution in [0.1, 0.15) is 41.0 Å². The Balaban J connectivity index is 2.14. The predicted molar refractivity (Wildman–Crippen MR) is 115 cm³/mol. The first-order valence-corrected chi connectivity index (χ1v) is 11.4. The molecule has 9 heteroatoms. The van der Waals surface area contributed by atoms with Crippen LogP contribution in [0.15, 0.2) is 39.8 Å². The van der Waals surface area contributed by atoms with Crippen LogP contribution in [0.25, 0.3) is 11.0 Å². The summed E-state index contributed by atoms with van der Waals surface area (Å²) in [4.78, 5) is 12.2. The van der Waals surface area contributed by atoms with Crippen molar-refractivity contribution in [2.75, 3.05) is 19.7 Å². The number of ether oxygens (including phenoxy) is 1. The van der Waals surface area contributed by atoms with Crippen LogP contribution in [0.2, 0.25) is 0 Å². The zero-order valence-corrected chi connectivity index (χ0v) is 19.0. The first-order chi connectivity index (χ1) is 13.9. The minimum absolute atomic E-state index is 0.101. The van der Waals surface area contributed by atoms with E-state index in [0.717, 1.165) is 0 Å². The van der Waals surface area contributed by atoms with E-state index in [0.29, 0.717) is 17.5 Å². The molecule has 0 fully saturated rings. The van der Waals surface area contributed by atoms with Crippen molar-refractivity contribution in [2.24, 2.45) is 5.92 Å². The fourth-order valence-electron chi connectivity index (χ4n) is 2.95. The summed E-state index contributed by atoms with van der Waals surface area (Å²) >= 11 is 0. The van der Waals surface area contributed by atoms with Crippen LogP contribution in [0.4, 0.5) is 4.79 Å². The number of amides is 1. The molecule has 0 spiro atoms. The summed E-state index contributed by atoms with van der Waals surface area (Å²) in [5.41, 5.74) is -0.0469. The predicted octanol–water partition coefficient (Wildman–Crippen LogP) is 3.36. The van der Waals surface area contributed by atoms with E-state index in [1.54, 1.807) is 39.0 Å². The monoisotopic (exact) mass is 440 g/mol. The number of carbonyl (C=O) groups excluding carboxylic acids is 1. The van der Waals surface area contributed by atoms with E-state index >= 15 is 0 Å². The lowest BCUT2D eigenvalue weighted by atomic mass is 10.2. The van der Waals surface area contributed by atoms with E-state index in [4.69, 9.17) is 9.15 Å². The third kappa shape index (κ3) is 6.72. The molecule has 1 aromatic carbocycles. The molecule has 1 atom stereocenters. The maximum atomic E-state index is 13.3. The van der Waals surface area contributed by atoms with Crippen molar-refractivity contribution in [1.82, 2.24) is 9.62 Å². The summed E-state index contributed by atoms with van der Waals surface area (Å²) in [6.45, 7) is 9.24. The van der Waals surface area contributed by atoms with Crippen LogP contribution in [-0.2, 0) is 14.8 Å². The molecule has 8 nitrogen and oxygen atoms in total. The Hall–Kier alpha value is -2.10. The van der Waals surface area contributed by atoms with Gasteiger partial charge in [0.25, 0.3) is 0 Å². The lowest BCUT2D eigenvalue weighted by molar-refractivity contribution is 0.0477. The standard InChI is InChI=1S/C21H32N2O6S/c1-15(2)13-23(10-8-17(14-24)22-20(25)29-21(3,4)5)30(26,27)18-6-7-19-16(12-18)9-11-28-19/h6-7,9,11-12,15,17,24H,8,10,13-14H2,1-5H3,(H,22,25)/t17-/m0/s1. The highest BCUT2D eigenvalue weighted by Crippen LogP contribution is 2.23. The zero-order chi connectivity index (χ0) is 22.5. The van der Waals surface area contributed by atoms with Gasteiger partial charge in [-0.2, -0.15) is 4.31 Å². The quantitative estimate of drug-likeness (QED) is 0.619. The molecule has 0 saturated carbocycles. The number of hydrogen-bond donors (Lipinski definition) is 2. The van der Waals surface area contributed by atoms with Crippen LogP contribution < -0.4 is 5.32 Å². The van der Waals surface area contributed by atoms with Crippen LogP contribution in [-0.4, -0.2) is 55.3 Å². The molecule has 1 amide bonds. The number of alkyl carbamates (subject to hydrolysis) is 1. The highest BCUT2D eigenvalue weighted by atomic mass is 32.2. The van der Waals surface area contributed by atoms with Crippen molar-refractivity contribution >= 4 is 27.1 Å². The Labute approximate surface area is 178 Å². The van der Waals surface area contributed by atoms with Crippen LogP contribution in [0.5, 0.6) is 0 Å². The molecular weight excluding hydrogens is 408 g/mol. The Morgan fingerprint density at radius 3 is 2.57 bits per heavy atom. The molecule has 1 aromatic heterocycles. The molecule has 0 saturated heterocycles. The largest absolute Gasteiger partial charge is 0.464 e. The lowest BCUT2D eigenvalue weighted by Gasteiger charge is -2.27. The second kappa shape index (κ2) is 9.80. The molecule has 0 unspecified atom stereocenters. The first-order valence-electron chi connectivity index (χ1n) is 10.00. The summed E-state index contributed by atoms with van der Waals surface area (Å²) in [5.74, 6) is 0.101. The zero-order valence-electron chi connectivity index (χ0n) is 18.2. The fraction of sp³-hybridized carbons (Fsp3) is 0.571. The van der Waals surface area contributed by atoms with E-state index in [2.05, 4.69) is 5.32 Å².